The van der Waals surface area contributed by atoms with Crippen molar-refractivity contribution in [3.8, 4) is 0 Å². The van der Waals surface area contributed by atoms with E-state index < -0.39 is 0 Å². The molecule has 22 heavy (non-hydrogen) atoms. The number of hydrogen-bond donors (Lipinski definition) is 0. The van der Waals surface area contributed by atoms with Crippen molar-refractivity contribution < 1.29 is 29.6 Å². The molecular weight excluding hydrogens is 275 g/mol. The van der Waals surface area contributed by atoms with Gasteiger partial charge in [-0.1, -0.05) is 71.9 Å². The van der Waals surface area contributed by atoms with Crippen LogP contribution in [0, 0.1) is 32.6 Å². The Bertz CT molecular complexity index is 212. The average Bonchev–Trinajstić information content (AvgIpc) is 2.37. The summed E-state index contributed by atoms with van der Waals surface area (Å²) in [4.78, 5) is 0. The Morgan fingerprint density at radius 2 is 1.27 bits per heavy atom. The third kappa shape index (κ3) is 50.0. The summed E-state index contributed by atoms with van der Waals surface area (Å²) in [5, 5.41) is 0. The molecule has 0 aromatic carbocycles. The predicted octanol–water partition coefficient (Wildman–Crippen LogP) is 4.95. The third-order valence-corrected chi connectivity index (χ3v) is 2.74. The minimum Gasteiger partial charge on any atom is -0.358 e. The molecule has 0 rings (SSSR count). The fourth-order valence-electron chi connectivity index (χ4n) is 0.916. The molecule has 0 nitrogen and oxygen atoms in total. The van der Waals surface area contributed by atoms with E-state index in [9.17, 15) is 0 Å². The maximum Gasteiger partial charge on any atom is 1.00 e. The molecule has 1 heteroatoms. The Morgan fingerprint density at radius 1 is 0.864 bits per heavy atom. The van der Waals surface area contributed by atoms with E-state index in [2.05, 4.69) is 79.3 Å². The smallest absolute Gasteiger partial charge is 0.358 e. The summed E-state index contributed by atoms with van der Waals surface area (Å²) in [5.74, 6) is 2.23. The maximum absolute atomic E-state index is 3.68. The van der Waals surface area contributed by atoms with E-state index in [-0.39, 0.29) is 44.4 Å². The van der Waals surface area contributed by atoms with E-state index in [1.54, 1.807) is 0 Å². The molecule has 0 bridgehead atoms. The van der Waals surface area contributed by atoms with Crippen molar-refractivity contribution in [3.63, 3.8) is 0 Å². The molecule has 0 aliphatic heterocycles. The fourth-order valence-corrected chi connectivity index (χ4v) is 0.916. The third-order valence-electron chi connectivity index (χ3n) is 2.74. The van der Waals surface area contributed by atoms with Crippen LogP contribution >= 0.6 is 0 Å². The van der Waals surface area contributed by atoms with E-state index in [4.69, 9.17) is 0 Å². The van der Waals surface area contributed by atoms with Crippen LogP contribution in [0.15, 0.2) is 37.0 Å². The molecule has 0 aromatic rings. The van der Waals surface area contributed by atoms with Gasteiger partial charge in [0.2, 0.25) is 0 Å². The minimum absolute atomic E-state index is 0. The van der Waals surface area contributed by atoms with Gasteiger partial charge in [0.1, 0.15) is 0 Å². The second-order valence-corrected chi connectivity index (χ2v) is 5.51. The van der Waals surface area contributed by atoms with Gasteiger partial charge in [0.15, 0.2) is 0 Å². The zero-order valence-electron chi connectivity index (χ0n) is 17.7. The van der Waals surface area contributed by atoms with Gasteiger partial charge >= 0.3 is 29.6 Å². The summed E-state index contributed by atoms with van der Waals surface area (Å²) in [6.07, 6.45) is 12.8. The topological polar surface area (TPSA) is 0 Å². The van der Waals surface area contributed by atoms with Crippen LogP contribution in [0.4, 0.5) is 0 Å². The first-order chi connectivity index (χ1) is 8.87. The standard InChI is InChI=1S/2C7H14.C5H10.2CH3.Na/c1-5-7(4)6(2)3;1-4-5-6-7(2)3;1-3-5-4-2;;;/h5-7H,1H2,2-4H3;4-5,7H,6H2,1-3H3;3,5H,4H2,1-2H3;2*1H3;/q;;;2*-1;+1/b;5-4+;5-3+;;;. The van der Waals surface area contributed by atoms with Crippen LogP contribution in [0.5, 0.6) is 0 Å². The van der Waals surface area contributed by atoms with Gasteiger partial charge in [-0.3, -0.25) is 0 Å². The Kier molecular flexibility index (Phi) is 57.0. The van der Waals surface area contributed by atoms with Gasteiger partial charge in [-0.25, -0.2) is 0 Å². The molecule has 0 N–H and O–H groups in total. The van der Waals surface area contributed by atoms with Gasteiger partial charge in [0.25, 0.3) is 0 Å². The average molecular weight is 320 g/mol. The minimum atomic E-state index is 0. The largest absolute Gasteiger partial charge is 1.00 e. The Morgan fingerprint density at radius 3 is 1.32 bits per heavy atom. The van der Waals surface area contributed by atoms with E-state index >= 15 is 0 Å². The van der Waals surface area contributed by atoms with Crippen molar-refractivity contribution in [1.29, 1.82) is 0 Å². The number of allylic oxidation sites excluding steroid dienone is 5. The summed E-state index contributed by atoms with van der Waals surface area (Å²) in [5.41, 5.74) is 0. The van der Waals surface area contributed by atoms with E-state index in [0.29, 0.717) is 5.92 Å². The quantitative estimate of drug-likeness (QED) is 0.382. The van der Waals surface area contributed by atoms with Crippen LogP contribution in [0.25, 0.3) is 0 Å². The Hall–Kier alpha value is 0.220. The molecule has 0 aliphatic carbocycles. The molecule has 130 valence electrons. The first-order valence-electron chi connectivity index (χ1n) is 7.71. The van der Waals surface area contributed by atoms with E-state index in [1.807, 2.05) is 13.0 Å². The van der Waals surface area contributed by atoms with Gasteiger partial charge in [-0.05, 0) is 44.4 Å². The summed E-state index contributed by atoms with van der Waals surface area (Å²) in [7, 11) is 0. The SMILES string of the molecule is C/C=C/CC.C/C=C/CC(C)C.C=CC(C)C(C)C.[CH3-].[CH3-].[Na+]. The molecule has 0 amide bonds. The number of rotatable bonds is 5. The molecule has 0 aromatic heterocycles. The predicted molar refractivity (Wildman–Crippen MR) is 106 cm³/mol. The van der Waals surface area contributed by atoms with Crippen LogP contribution in [0.3, 0.4) is 0 Å². The first-order valence-corrected chi connectivity index (χ1v) is 7.71. The van der Waals surface area contributed by atoms with Gasteiger partial charge in [0, 0.05) is 0 Å². The van der Waals surface area contributed by atoms with E-state index in [1.165, 1.54) is 6.42 Å². The molecule has 0 fully saturated rings. The van der Waals surface area contributed by atoms with Crippen LogP contribution in [-0.4, -0.2) is 0 Å². The van der Waals surface area contributed by atoms with Crippen molar-refractivity contribution in [3.05, 3.63) is 51.8 Å². The zero-order valence-corrected chi connectivity index (χ0v) is 19.7. The second kappa shape index (κ2) is 33.0. The monoisotopic (exact) mass is 319 g/mol. The van der Waals surface area contributed by atoms with E-state index in [0.717, 1.165) is 18.3 Å². The molecule has 0 spiro atoms. The fraction of sp³-hybridized carbons (Fsp3) is 0.619. The van der Waals surface area contributed by atoms with Crippen molar-refractivity contribution in [2.75, 3.05) is 0 Å². The number of hydrogen-bond acceptors (Lipinski definition) is 0. The molecule has 0 radical (unpaired) electrons. The molecule has 0 heterocycles. The molecule has 0 saturated carbocycles. The van der Waals surface area contributed by atoms with Crippen molar-refractivity contribution >= 4 is 0 Å². The molecule has 1 atom stereocenters. The second-order valence-electron chi connectivity index (χ2n) is 5.51. The first kappa shape index (κ1) is 38.0. The van der Waals surface area contributed by atoms with Gasteiger partial charge in [-0.2, -0.15) is 0 Å². The Labute approximate surface area is 166 Å². The Balaban J connectivity index is -0.0000000414. The molecule has 1 unspecified atom stereocenters. The summed E-state index contributed by atoms with van der Waals surface area (Å²) < 4.78 is 0. The summed E-state index contributed by atoms with van der Waals surface area (Å²) >= 11 is 0. The molecular formula is C21H44Na-. The van der Waals surface area contributed by atoms with Crippen LogP contribution in [0.1, 0.15) is 68.2 Å². The maximum atomic E-state index is 3.68. The molecule has 0 aliphatic rings. The van der Waals surface area contributed by atoms with Crippen LogP contribution in [-0.2, 0) is 0 Å². The van der Waals surface area contributed by atoms with Gasteiger partial charge in [0.05, 0.1) is 0 Å². The van der Waals surface area contributed by atoms with Crippen molar-refractivity contribution in [1.82, 2.24) is 0 Å². The van der Waals surface area contributed by atoms with Gasteiger partial charge in [-0.15, -0.1) is 6.58 Å². The zero-order chi connectivity index (χ0) is 15.7. The summed E-state index contributed by atoms with van der Waals surface area (Å²) in [6.45, 7) is 20.9. The van der Waals surface area contributed by atoms with Crippen LogP contribution < -0.4 is 29.6 Å². The summed E-state index contributed by atoms with van der Waals surface area (Å²) in [6, 6.07) is 0. The molecule has 0 saturated heterocycles. The van der Waals surface area contributed by atoms with Gasteiger partial charge < -0.3 is 14.9 Å². The van der Waals surface area contributed by atoms with Crippen LogP contribution in [0.2, 0.25) is 0 Å². The van der Waals surface area contributed by atoms with Crippen molar-refractivity contribution in [2.24, 2.45) is 17.8 Å². The normalized spacial score (nSPS) is 10.5. The van der Waals surface area contributed by atoms with Crippen molar-refractivity contribution in [2.45, 2.75) is 68.2 Å².